The maximum absolute atomic E-state index is 12.1. The third kappa shape index (κ3) is 5.36. The van der Waals surface area contributed by atoms with Crippen LogP contribution in [-0.4, -0.2) is 23.2 Å². The molecule has 1 rings (SSSR count). The number of hydrogen-bond donors (Lipinski definition) is 1. The predicted octanol–water partition coefficient (Wildman–Crippen LogP) is 3.67. The van der Waals surface area contributed by atoms with Crippen molar-refractivity contribution in [1.82, 2.24) is 0 Å². The second-order valence-corrected chi connectivity index (χ2v) is 6.34. The number of esters is 1. The average Bonchev–Trinajstić information content (AvgIpc) is 2.36. The Bertz CT molecular complexity index is 363. The summed E-state index contributed by atoms with van der Waals surface area (Å²) in [6.45, 7) is 3.86. The van der Waals surface area contributed by atoms with Gasteiger partial charge in [0.15, 0.2) is 0 Å². The number of carbonyl (C=O) groups excluding carboxylic acids is 1. The summed E-state index contributed by atoms with van der Waals surface area (Å²) in [6, 6.07) is 9.21. The molecule has 0 heterocycles. The molecule has 0 amide bonds. The normalized spacial score (nSPS) is 11.3. The number of thiol groups is 1. The van der Waals surface area contributed by atoms with E-state index in [-0.39, 0.29) is 5.97 Å². The molecule has 0 unspecified atom stereocenters. The van der Waals surface area contributed by atoms with E-state index in [4.69, 9.17) is 4.74 Å². The maximum atomic E-state index is 12.1. The second kappa shape index (κ2) is 7.74. The number of hydrogen-bond acceptors (Lipinski definition) is 4. The van der Waals surface area contributed by atoms with Crippen LogP contribution in [0, 0.1) is 5.41 Å². The Balaban J connectivity index is 2.44. The van der Waals surface area contributed by atoms with Gasteiger partial charge in [-0.1, -0.05) is 18.2 Å². The molecule has 1 aromatic rings. The van der Waals surface area contributed by atoms with Gasteiger partial charge in [0.1, 0.15) is 5.75 Å². The number of ether oxygens (including phenoxy) is 1. The van der Waals surface area contributed by atoms with Gasteiger partial charge >= 0.3 is 5.97 Å². The molecule has 4 heteroatoms. The molecular formula is C14H20O2S2. The minimum Gasteiger partial charge on any atom is -0.426 e. The van der Waals surface area contributed by atoms with Crippen molar-refractivity contribution in [2.24, 2.45) is 5.41 Å². The van der Waals surface area contributed by atoms with Gasteiger partial charge in [-0.15, -0.1) is 0 Å². The van der Waals surface area contributed by atoms with Crippen LogP contribution in [0.5, 0.6) is 5.75 Å². The lowest BCUT2D eigenvalue weighted by Crippen LogP contribution is -2.29. The minimum atomic E-state index is -0.445. The Morgan fingerprint density at radius 3 is 2.56 bits per heavy atom. The van der Waals surface area contributed by atoms with Gasteiger partial charge in [0.2, 0.25) is 0 Å². The van der Waals surface area contributed by atoms with E-state index in [0.29, 0.717) is 5.75 Å². The van der Waals surface area contributed by atoms with Crippen LogP contribution in [0.25, 0.3) is 0 Å². The van der Waals surface area contributed by atoms with E-state index in [2.05, 4.69) is 12.6 Å². The first kappa shape index (κ1) is 15.4. The number of thioether (sulfide) groups is 1. The zero-order valence-electron chi connectivity index (χ0n) is 10.9. The van der Waals surface area contributed by atoms with Gasteiger partial charge < -0.3 is 4.74 Å². The van der Waals surface area contributed by atoms with E-state index in [1.54, 1.807) is 12.1 Å². The van der Waals surface area contributed by atoms with Crippen molar-refractivity contribution in [2.45, 2.75) is 20.3 Å². The molecule has 0 N–H and O–H groups in total. The molecule has 0 aromatic heterocycles. The molecule has 0 radical (unpaired) electrons. The Labute approximate surface area is 119 Å². The lowest BCUT2D eigenvalue weighted by Gasteiger charge is -2.22. The molecule has 0 saturated heterocycles. The lowest BCUT2D eigenvalue weighted by atomic mass is 9.90. The summed E-state index contributed by atoms with van der Waals surface area (Å²) >= 11 is 5.98. The predicted molar refractivity (Wildman–Crippen MR) is 81.7 cm³/mol. The maximum Gasteiger partial charge on any atom is 0.316 e. The van der Waals surface area contributed by atoms with Crippen molar-refractivity contribution >= 4 is 30.4 Å². The van der Waals surface area contributed by atoms with Crippen molar-refractivity contribution < 1.29 is 9.53 Å². The van der Waals surface area contributed by atoms with Crippen LogP contribution >= 0.6 is 24.4 Å². The van der Waals surface area contributed by atoms with E-state index in [1.807, 2.05) is 43.8 Å². The van der Waals surface area contributed by atoms with Crippen LogP contribution in [0.4, 0.5) is 0 Å². The number of benzene rings is 1. The standard InChI is InChI=1S/C14H20O2S2/c1-14(2,8-10-18-11-9-17)13(15)16-12-6-4-3-5-7-12/h3-7,17H,8-11H2,1-2H3. The lowest BCUT2D eigenvalue weighted by molar-refractivity contribution is -0.144. The largest absolute Gasteiger partial charge is 0.426 e. The summed E-state index contributed by atoms with van der Waals surface area (Å²) < 4.78 is 5.37. The van der Waals surface area contributed by atoms with Gasteiger partial charge in [0.05, 0.1) is 5.41 Å². The summed E-state index contributed by atoms with van der Waals surface area (Å²) in [5, 5.41) is 0. The number of para-hydroxylation sites is 1. The first-order valence-corrected chi connectivity index (χ1v) is 7.81. The van der Waals surface area contributed by atoms with E-state index in [0.717, 1.165) is 23.7 Å². The fourth-order valence-corrected chi connectivity index (χ4v) is 2.70. The van der Waals surface area contributed by atoms with Crippen LogP contribution in [-0.2, 0) is 4.79 Å². The van der Waals surface area contributed by atoms with E-state index < -0.39 is 5.41 Å². The van der Waals surface area contributed by atoms with Gasteiger partial charge in [-0.3, -0.25) is 4.79 Å². The Morgan fingerprint density at radius 1 is 1.28 bits per heavy atom. The van der Waals surface area contributed by atoms with Gasteiger partial charge in [0.25, 0.3) is 0 Å². The molecular weight excluding hydrogens is 264 g/mol. The molecule has 1 aromatic carbocycles. The Kier molecular flexibility index (Phi) is 6.65. The summed E-state index contributed by atoms with van der Waals surface area (Å²) in [5.41, 5.74) is -0.445. The molecule has 0 bridgehead atoms. The monoisotopic (exact) mass is 284 g/mol. The first-order chi connectivity index (χ1) is 8.56. The zero-order chi connectivity index (χ0) is 13.4. The topological polar surface area (TPSA) is 26.3 Å². The van der Waals surface area contributed by atoms with Crippen molar-refractivity contribution in [3.63, 3.8) is 0 Å². The fraction of sp³-hybridized carbons (Fsp3) is 0.500. The molecule has 0 aliphatic heterocycles. The summed E-state index contributed by atoms with van der Waals surface area (Å²) in [7, 11) is 0. The molecule has 0 aliphatic carbocycles. The average molecular weight is 284 g/mol. The van der Waals surface area contributed by atoms with Crippen LogP contribution < -0.4 is 4.74 Å². The van der Waals surface area contributed by atoms with Gasteiger partial charge in [-0.2, -0.15) is 24.4 Å². The van der Waals surface area contributed by atoms with E-state index in [9.17, 15) is 4.79 Å². The van der Waals surface area contributed by atoms with Gasteiger partial charge in [-0.05, 0) is 43.9 Å². The van der Waals surface area contributed by atoms with Gasteiger partial charge in [-0.25, -0.2) is 0 Å². The number of carbonyl (C=O) groups is 1. The molecule has 0 saturated carbocycles. The van der Waals surface area contributed by atoms with Gasteiger partial charge in [0, 0.05) is 5.75 Å². The SMILES string of the molecule is CC(C)(CCSCCS)C(=O)Oc1ccccc1. The zero-order valence-corrected chi connectivity index (χ0v) is 12.6. The minimum absolute atomic E-state index is 0.167. The molecule has 0 aliphatic rings. The van der Waals surface area contributed by atoms with Crippen molar-refractivity contribution in [3.8, 4) is 5.75 Å². The highest BCUT2D eigenvalue weighted by Crippen LogP contribution is 2.26. The Hall–Kier alpha value is -0.610. The van der Waals surface area contributed by atoms with E-state index >= 15 is 0 Å². The van der Waals surface area contributed by atoms with Crippen molar-refractivity contribution in [1.29, 1.82) is 0 Å². The fourth-order valence-electron chi connectivity index (χ4n) is 1.33. The highest BCUT2D eigenvalue weighted by molar-refractivity contribution is 7.99. The summed E-state index contributed by atoms with van der Waals surface area (Å²) in [4.78, 5) is 12.1. The van der Waals surface area contributed by atoms with Crippen LogP contribution in [0.15, 0.2) is 30.3 Å². The van der Waals surface area contributed by atoms with Crippen LogP contribution in [0.3, 0.4) is 0 Å². The van der Waals surface area contributed by atoms with Crippen molar-refractivity contribution in [3.05, 3.63) is 30.3 Å². The molecule has 0 fully saturated rings. The quantitative estimate of drug-likeness (QED) is 0.358. The molecule has 0 spiro atoms. The smallest absolute Gasteiger partial charge is 0.316 e. The highest BCUT2D eigenvalue weighted by atomic mass is 32.2. The third-order valence-corrected chi connectivity index (χ3v) is 4.13. The molecule has 100 valence electrons. The van der Waals surface area contributed by atoms with E-state index in [1.165, 1.54) is 0 Å². The molecule has 0 atom stereocenters. The van der Waals surface area contributed by atoms with Crippen LogP contribution in [0.2, 0.25) is 0 Å². The number of rotatable bonds is 7. The Morgan fingerprint density at radius 2 is 1.94 bits per heavy atom. The first-order valence-electron chi connectivity index (χ1n) is 6.02. The summed E-state index contributed by atoms with van der Waals surface area (Å²) in [6.07, 6.45) is 0.817. The van der Waals surface area contributed by atoms with Crippen LogP contribution in [0.1, 0.15) is 20.3 Å². The highest BCUT2D eigenvalue weighted by Gasteiger charge is 2.29. The molecule has 18 heavy (non-hydrogen) atoms. The van der Waals surface area contributed by atoms with Crippen molar-refractivity contribution in [2.75, 3.05) is 17.3 Å². The second-order valence-electron chi connectivity index (χ2n) is 4.67. The summed E-state index contributed by atoms with van der Waals surface area (Å²) in [5.74, 6) is 3.29. The molecule has 2 nitrogen and oxygen atoms in total. The third-order valence-electron chi connectivity index (χ3n) is 2.61.